The molecule has 0 unspecified atom stereocenters. The summed E-state index contributed by atoms with van der Waals surface area (Å²) in [4.78, 5) is 0. The Morgan fingerprint density at radius 2 is 1.60 bits per heavy atom. The van der Waals surface area contributed by atoms with Crippen molar-refractivity contribution in [1.82, 2.24) is 0 Å². The predicted octanol–water partition coefficient (Wildman–Crippen LogP) is 2.26. The van der Waals surface area contributed by atoms with Gasteiger partial charge in [-0.15, -0.1) is 0 Å². The van der Waals surface area contributed by atoms with Crippen molar-refractivity contribution in [2.75, 3.05) is 0 Å². The molecule has 0 spiro atoms. The van der Waals surface area contributed by atoms with Crippen LogP contribution in [0.2, 0.25) is 0 Å². The Morgan fingerprint density at radius 1 is 0.867 bits per heavy atom. The molecule has 2 aromatic carbocycles. The lowest BCUT2D eigenvalue weighted by molar-refractivity contribution is 0.454. The zero-order valence-corrected chi connectivity index (χ0v) is 8.13. The van der Waals surface area contributed by atoms with Crippen LogP contribution in [0.3, 0.4) is 0 Å². The van der Waals surface area contributed by atoms with E-state index in [9.17, 15) is 0 Å². The van der Waals surface area contributed by atoms with Crippen LogP contribution in [0.5, 0.6) is 5.75 Å². The second kappa shape index (κ2) is 4.67. The van der Waals surface area contributed by atoms with E-state index in [1.807, 2.05) is 48.5 Å². The Labute approximate surface area is 89.5 Å². The highest BCUT2D eigenvalue weighted by atomic mass is 16.5. The highest BCUT2D eigenvalue weighted by Crippen LogP contribution is 2.23. The minimum Gasteiger partial charge on any atom is -0.537 e. The molecule has 0 atom stereocenters. The smallest absolute Gasteiger partial charge is 0.537 e. The summed E-state index contributed by atoms with van der Waals surface area (Å²) in [5.74, 6) is 0.624. The van der Waals surface area contributed by atoms with Crippen LogP contribution in [-0.4, -0.2) is 12.7 Å². The summed E-state index contributed by atoms with van der Waals surface area (Å²) in [5.41, 5.74) is 2.19. The van der Waals surface area contributed by atoms with E-state index in [0.717, 1.165) is 11.1 Å². The molecule has 0 saturated heterocycles. The molecule has 1 N–H and O–H groups in total. The highest BCUT2D eigenvalue weighted by Gasteiger charge is 1.99. The molecule has 0 aliphatic rings. The predicted molar refractivity (Wildman–Crippen MR) is 60.5 cm³/mol. The van der Waals surface area contributed by atoms with Crippen molar-refractivity contribution in [3.8, 4) is 16.9 Å². The fraction of sp³-hybridized carbons (Fsp3) is 0. The molecule has 0 bridgehead atoms. The first kappa shape index (κ1) is 9.81. The molecule has 15 heavy (non-hydrogen) atoms. The Bertz CT molecular complexity index is 429. The summed E-state index contributed by atoms with van der Waals surface area (Å²) in [5, 5.41) is 8.53. The van der Waals surface area contributed by atoms with Crippen molar-refractivity contribution in [1.29, 1.82) is 0 Å². The average molecular weight is 197 g/mol. The SMILES string of the molecule is O[B]Oc1cccc(-c2ccccc2)c1. The molecule has 0 aromatic heterocycles. The Kier molecular flexibility index (Phi) is 3.05. The molecule has 2 rings (SSSR count). The maximum Gasteiger partial charge on any atom is 0.569 e. The molecule has 0 saturated carbocycles. The average Bonchev–Trinajstić information content (AvgIpc) is 2.31. The highest BCUT2D eigenvalue weighted by molar-refractivity contribution is 6.17. The summed E-state index contributed by atoms with van der Waals surface area (Å²) in [6.45, 7) is 0. The van der Waals surface area contributed by atoms with Gasteiger partial charge in [-0.05, 0) is 23.3 Å². The number of hydrogen-bond acceptors (Lipinski definition) is 2. The van der Waals surface area contributed by atoms with Gasteiger partial charge in [-0.3, -0.25) is 0 Å². The summed E-state index contributed by atoms with van der Waals surface area (Å²) < 4.78 is 4.90. The largest absolute Gasteiger partial charge is 0.569 e. The first-order chi connectivity index (χ1) is 7.40. The van der Waals surface area contributed by atoms with Gasteiger partial charge in [0.15, 0.2) is 0 Å². The van der Waals surface area contributed by atoms with E-state index in [1.54, 1.807) is 6.07 Å². The van der Waals surface area contributed by atoms with E-state index in [0.29, 0.717) is 13.4 Å². The minimum absolute atomic E-state index is 0.624. The standard InChI is InChI=1S/C12H10BO2/c14-13-15-12-8-4-7-11(9-12)10-5-2-1-3-6-10/h1-9,14H. The maximum absolute atomic E-state index is 8.53. The van der Waals surface area contributed by atoms with Crippen molar-refractivity contribution < 1.29 is 9.68 Å². The molecule has 0 amide bonds. The lowest BCUT2D eigenvalue weighted by Gasteiger charge is -2.05. The normalized spacial score (nSPS) is 9.67. The third-order valence-electron chi connectivity index (χ3n) is 2.13. The van der Waals surface area contributed by atoms with Crippen LogP contribution < -0.4 is 4.65 Å². The van der Waals surface area contributed by atoms with Gasteiger partial charge in [-0.25, -0.2) is 0 Å². The van der Waals surface area contributed by atoms with Gasteiger partial charge in [0.1, 0.15) is 5.75 Å². The number of benzene rings is 2. The molecular formula is C12H10BO2. The second-order valence-corrected chi connectivity index (χ2v) is 3.12. The number of rotatable bonds is 3. The Morgan fingerprint density at radius 3 is 2.33 bits per heavy atom. The Balaban J connectivity index is 2.33. The molecule has 0 aliphatic heterocycles. The van der Waals surface area contributed by atoms with E-state index < -0.39 is 0 Å². The molecule has 0 aliphatic carbocycles. The van der Waals surface area contributed by atoms with Gasteiger partial charge in [-0.2, -0.15) is 0 Å². The van der Waals surface area contributed by atoms with Crippen molar-refractivity contribution >= 4 is 7.69 Å². The summed E-state index contributed by atoms with van der Waals surface area (Å²) in [6.07, 6.45) is 0. The minimum atomic E-state index is 0.624. The van der Waals surface area contributed by atoms with Gasteiger partial charge in [0.05, 0.1) is 0 Å². The molecule has 73 valence electrons. The van der Waals surface area contributed by atoms with Crippen LogP contribution in [0.25, 0.3) is 11.1 Å². The number of hydrogen-bond donors (Lipinski definition) is 1. The zero-order valence-electron chi connectivity index (χ0n) is 8.13. The molecule has 0 fully saturated rings. The molecule has 3 heteroatoms. The molecule has 2 nitrogen and oxygen atoms in total. The van der Waals surface area contributed by atoms with Crippen LogP contribution in [0.1, 0.15) is 0 Å². The molecule has 0 heterocycles. The van der Waals surface area contributed by atoms with Crippen molar-refractivity contribution in [2.45, 2.75) is 0 Å². The molecule has 1 radical (unpaired) electrons. The van der Waals surface area contributed by atoms with E-state index in [1.165, 1.54) is 0 Å². The maximum atomic E-state index is 8.53. The van der Waals surface area contributed by atoms with Crippen molar-refractivity contribution in [2.24, 2.45) is 0 Å². The monoisotopic (exact) mass is 197 g/mol. The first-order valence-electron chi connectivity index (χ1n) is 4.68. The van der Waals surface area contributed by atoms with Crippen LogP contribution in [0, 0.1) is 0 Å². The van der Waals surface area contributed by atoms with E-state index in [4.69, 9.17) is 9.68 Å². The summed E-state index contributed by atoms with van der Waals surface area (Å²) in [6, 6.07) is 17.6. The molecular weight excluding hydrogens is 187 g/mol. The third kappa shape index (κ3) is 2.39. The van der Waals surface area contributed by atoms with Gasteiger partial charge < -0.3 is 9.68 Å². The van der Waals surface area contributed by atoms with E-state index in [-0.39, 0.29) is 0 Å². The third-order valence-corrected chi connectivity index (χ3v) is 2.13. The van der Waals surface area contributed by atoms with Crippen LogP contribution in [0.15, 0.2) is 54.6 Å². The van der Waals surface area contributed by atoms with Crippen LogP contribution >= 0.6 is 0 Å². The fourth-order valence-corrected chi connectivity index (χ4v) is 1.44. The Hall–Kier alpha value is -1.74. The van der Waals surface area contributed by atoms with Crippen molar-refractivity contribution in [3.63, 3.8) is 0 Å². The fourth-order valence-electron chi connectivity index (χ4n) is 1.44. The van der Waals surface area contributed by atoms with Gasteiger partial charge in [0.2, 0.25) is 0 Å². The van der Waals surface area contributed by atoms with Gasteiger partial charge >= 0.3 is 7.69 Å². The van der Waals surface area contributed by atoms with Crippen LogP contribution in [-0.2, 0) is 0 Å². The van der Waals surface area contributed by atoms with Gasteiger partial charge in [0, 0.05) is 0 Å². The molecule has 2 aromatic rings. The second-order valence-electron chi connectivity index (χ2n) is 3.12. The zero-order chi connectivity index (χ0) is 10.5. The van der Waals surface area contributed by atoms with E-state index >= 15 is 0 Å². The van der Waals surface area contributed by atoms with Crippen LogP contribution in [0.4, 0.5) is 0 Å². The summed E-state index contributed by atoms with van der Waals surface area (Å²) >= 11 is 0. The topological polar surface area (TPSA) is 29.5 Å². The quantitative estimate of drug-likeness (QED) is 0.764. The van der Waals surface area contributed by atoms with Gasteiger partial charge in [0.25, 0.3) is 0 Å². The van der Waals surface area contributed by atoms with Crippen molar-refractivity contribution in [3.05, 3.63) is 54.6 Å². The van der Waals surface area contributed by atoms with Gasteiger partial charge in [-0.1, -0.05) is 42.5 Å². The lowest BCUT2D eigenvalue weighted by Crippen LogP contribution is -1.99. The lowest BCUT2D eigenvalue weighted by atomic mass is 10.1. The first-order valence-corrected chi connectivity index (χ1v) is 4.68. The van der Waals surface area contributed by atoms with E-state index in [2.05, 4.69) is 0 Å². The summed E-state index contributed by atoms with van der Waals surface area (Å²) in [7, 11) is 0.685.